The molecule has 0 bridgehead atoms. The van der Waals surface area contributed by atoms with Gasteiger partial charge in [0.15, 0.2) is 0 Å². The Balaban J connectivity index is 2.70. The highest BCUT2D eigenvalue weighted by atomic mass is 16.5. The number of hydrogen-bond donors (Lipinski definition) is 2. The van der Waals surface area contributed by atoms with Crippen molar-refractivity contribution in [3.8, 4) is 5.75 Å². The van der Waals surface area contributed by atoms with Crippen LogP contribution in [0.3, 0.4) is 0 Å². The molecule has 0 spiro atoms. The van der Waals surface area contributed by atoms with Crippen molar-refractivity contribution in [2.45, 2.75) is 26.2 Å². The van der Waals surface area contributed by atoms with Crippen molar-refractivity contribution in [3.63, 3.8) is 0 Å². The van der Waals surface area contributed by atoms with Gasteiger partial charge in [-0.2, -0.15) is 0 Å². The molecule has 0 saturated carbocycles. The van der Waals surface area contributed by atoms with Crippen LogP contribution in [0.15, 0.2) is 18.2 Å². The molecule has 1 rings (SSSR count). The van der Waals surface area contributed by atoms with Crippen LogP contribution < -0.4 is 4.74 Å². The normalized spacial score (nSPS) is 10.9. The molecule has 0 aliphatic rings. The SMILES string of the molecule is CCc1cc(OC)ccc1CCC(CO)CO. The fourth-order valence-corrected chi connectivity index (χ4v) is 1.90. The molecular formula is C14H22O3. The van der Waals surface area contributed by atoms with Crippen molar-refractivity contribution in [2.75, 3.05) is 20.3 Å². The first-order valence-corrected chi connectivity index (χ1v) is 6.12. The van der Waals surface area contributed by atoms with Crippen LogP contribution in [0.5, 0.6) is 5.75 Å². The molecule has 0 fully saturated rings. The maximum absolute atomic E-state index is 9.03. The van der Waals surface area contributed by atoms with Crippen molar-refractivity contribution in [2.24, 2.45) is 5.92 Å². The van der Waals surface area contributed by atoms with Gasteiger partial charge in [-0.05, 0) is 42.5 Å². The molecule has 0 saturated heterocycles. The van der Waals surface area contributed by atoms with E-state index in [1.807, 2.05) is 6.07 Å². The Hall–Kier alpha value is -1.06. The second kappa shape index (κ2) is 7.30. The summed E-state index contributed by atoms with van der Waals surface area (Å²) in [5, 5.41) is 18.1. The van der Waals surface area contributed by atoms with Crippen LogP contribution >= 0.6 is 0 Å². The predicted molar refractivity (Wildman–Crippen MR) is 68.4 cm³/mol. The van der Waals surface area contributed by atoms with E-state index in [0.29, 0.717) is 0 Å². The Morgan fingerprint density at radius 1 is 1.18 bits per heavy atom. The van der Waals surface area contributed by atoms with Gasteiger partial charge in [0.25, 0.3) is 0 Å². The van der Waals surface area contributed by atoms with Gasteiger partial charge in [0, 0.05) is 19.1 Å². The van der Waals surface area contributed by atoms with Crippen LogP contribution in [0.2, 0.25) is 0 Å². The van der Waals surface area contributed by atoms with E-state index in [0.717, 1.165) is 25.0 Å². The van der Waals surface area contributed by atoms with E-state index < -0.39 is 0 Å². The van der Waals surface area contributed by atoms with E-state index in [9.17, 15) is 0 Å². The summed E-state index contributed by atoms with van der Waals surface area (Å²) in [4.78, 5) is 0. The molecule has 0 aliphatic heterocycles. The summed E-state index contributed by atoms with van der Waals surface area (Å²) in [6, 6.07) is 6.09. The highest BCUT2D eigenvalue weighted by molar-refractivity contribution is 5.35. The Morgan fingerprint density at radius 3 is 2.41 bits per heavy atom. The van der Waals surface area contributed by atoms with Gasteiger partial charge in [-0.3, -0.25) is 0 Å². The first-order valence-electron chi connectivity index (χ1n) is 6.12. The lowest BCUT2D eigenvalue weighted by atomic mass is 9.96. The fraction of sp³-hybridized carbons (Fsp3) is 0.571. The van der Waals surface area contributed by atoms with Crippen molar-refractivity contribution in [1.82, 2.24) is 0 Å². The highest BCUT2D eigenvalue weighted by Gasteiger charge is 2.08. The zero-order chi connectivity index (χ0) is 12.7. The van der Waals surface area contributed by atoms with Gasteiger partial charge in [0.2, 0.25) is 0 Å². The number of benzene rings is 1. The maximum atomic E-state index is 9.03. The van der Waals surface area contributed by atoms with Crippen LogP contribution in [-0.4, -0.2) is 30.5 Å². The molecule has 17 heavy (non-hydrogen) atoms. The third-order valence-corrected chi connectivity index (χ3v) is 3.13. The minimum Gasteiger partial charge on any atom is -0.497 e. The summed E-state index contributed by atoms with van der Waals surface area (Å²) >= 11 is 0. The zero-order valence-electron chi connectivity index (χ0n) is 10.6. The van der Waals surface area contributed by atoms with Gasteiger partial charge in [-0.1, -0.05) is 13.0 Å². The minimum absolute atomic E-state index is 0.0122. The number of aryl methyl sites for hydroxylation is 2. The van der Waals surface area contributed by atoms with Crippen LogP contribution in [0.4, 0.5) is 0 Å². The van der Waals surface area contributed by atoms with Gasteiger partial charge in [-0.25, -0.2) is 0 Å². The molecule has 0 radical (unpaired) electrons. The lowest BCUT2D eigenvalue weighted by Gasteiger charge is -2.13. The molecule has 0 amide bonds. The number of rotatable bonds is 7. The Kier molecular flexibility index (Phi) is 6.01. The first-order chi connectivity index (χ1) is 8.24. The highest BCUT2D eigenvalue weighted by Crippen LogP contribution is 2.20. The fourth-order valence-electron chi connectivity index (χ4n) is 1.90. The van der Waals surface area contributed by atoms with Crippen molar-refractivity contribution < 1.29 is 14.9 Å². The van der Waals surface area contributed by atoms with Gasteiger partial charge in [0.1, 0.15) is 5.75 Å². The van der Waals surface area contributed by atoms with Crippen LogP contribution in [0.1, 0.15) is 24.5 Å². The summed E-state index contributed by atoms with van der Waals surface area (Å²) < 4.78 is 5.20. The molecule has 0 heterocycles. The van der Waals surface area contributed by atoms with E-state index >= 15 is 0 Å². The quantitative estimate of drug-likeness (QED) is 0.761. The largest absolute Gasteiger partial charge is 0.497 e. The van der Waals surface area contributed by atoms with E-state index in [4.69, 9.17) is 14.9 Å². The summed E-state index contributed by atoms with van der Waals surface area (Å²) in [6.45, 7) is 2.22. The minimum atomic E-state index is -0.0122. The molecule has 1 aromatic rings. The molecule has 1 aromatic carbocycles. The molecule has 0 aromatic heterocycles. The average molecular weight is 238 g/mol. The summed E-state index contributed by atoms with van der Waals surface area (Å²) in [6.07, 6.45) is 2.67. The zero-order valence-corrected chi connectivity index (χ0v) is 10.6. The first kappa shape index (κ1) is 14.0. The van der Waals surface area contributed by atoms with Crippen molar-refractivity contribution in [3.05, 3.63) is 29.3 Å². The van der Waals surface area contributed by atoms with Crippen molar-refractivity contribution >= 4 is 0 Å². The average Bonchev–Trinajstić information content (AvgIpc) is 2.39. The van der Waals surface area contributed by atoms with Crippen LogP contribution in [0, 0.1) is 5.92 Å². The Labute approximate surface area is 103 Å². The number of aliphatic hydroxyl groups is 2. The van der Waals surface area contributed by atoms with E-state index in [1.165, 1.54) is 11.1 Å². The Morgan fingerprint density at radius 2 is 1.88 bits per heavy atom. The number of methoxy groups -OCH3 is 1. The number of ether oxygens (including phenoxy) is 1. The summed E-state index contributed by atoms with van der Waals surface area (Å²) in [5.41, 5.74) is 2.55. The topological polar surface area (TPSA) is 49.7 Å². The third kappa shape index (κ3) is 4.02. The molecule has 0 unspecified atom stereocenters. The molecule has 3 nitrogen and oxygen atoms in total. The predicted octanol–water partition coefficient (Wildman–Crippen LogP) is 1.79. The number of aliphatic hydroxyl groups excluding tert-OH is 2. The lowest BCUT2D eigenvalue weighted by Crippen LogP contribution is -2.12. The van der Waals surface area contributed by atoms with E-state index in [1.54, 1.807) is 7.11 Å². The van der Waals surface area contributed by atoms with Crippen LogP contribution in [-0.2, 0) is 12.8 Å². The Bertz CT molecular complexity index is 332. The van der Waals surface area contributed by atoms with Gasteiger partial charge >= 0.3 is 0 Å². The molecule has 2 N–H and O–H groups in total. The lowest BCUT2D eigenvalue weighted by molar-refractivity contribution is 0.144. The van der Waals surface area contributed by atoms with Crippen LogP contribution in [0.25, 0.3) is 0 Å². The second-order valence-corrected chi connectivity index (χ2v) is 4.26. The smallest absolute Gasteiger partial charge is 0.119 e. The standard InChI is InChI=1S/C14H22O3/c1-3-12-8-14(17-2)7-6-13(12)5-4-11(9-15)10-16/h6-8,11,15-16H,3-5,9-10H2,1-2H3. The maximum Gasteiger partial charge on any atom is 0.119 e. The molecular weight excluding hydrogens is 216 g/mol. The van der Waals surface area contributed by atoms with E-state index in [-0.39, 0.29) is 19.1 Å². The van der Waals surface area contributed by atoms with Gasteiger partial charge in [-0.15, -0.1) is 0 Å². The summed E-state index contributed by atoms with van der Waals surface area (Å²) in [5.74, 6) is 0.869. The molecule has 96 valence electrons. The van der Waals surface area contributed by atoms with Gasteiger partial charge in [0.05, 0.1) is 7.11 Å². The third-order valence-electron chi connectivity index (χ3n) is 3.13. The van der Waals surface area contributed by atoms with Gasteiger partial charge < -0.3 is 14.9 Å². The molecule has 0 atom stereocenters. The van der Waals surface area contributed by atoms with E-state index in [2.05, 4.69) is 19.1 Å². The summed E-state index contributed by atoms with van der Waals surface area (Å²) in [7, 11) is 1.67. The monoisotopic (exact) mass is 238 g/mol. The molecule has 0 aliphatic carbocycles. The number of hydrogen-bond acceptors (Lipinski definition) is 3. The van der Waals surface area contributed by atoms with Crippen molar-refractivity contribution in [1.29, 1.82) is 0 Å². The molecule has 3 heteroatoms. The second-order valence-electron chi connectivity index (χ2n) is 4.26.